The Kier molecular flexibility index (Phi) is 1.98. The Labute approximate surface area is 84.6 Å². The average molecular weight is 258 g/mol. The van der Waals surface area contributed by atoms with Crippen molar-refractivity contribution in [2.75, 3.05) is 0 Å². The minimum atomic E-state index is -0.623. The molecule has 0 aliphatic carbocycles. The normalized spacial score (nSPS) is 10.6. The van der Waals surface area contributed by atoms with Gasteiger partial charge < -0.3 is 0 Å². The van der Waals surface area contributed by atoms with Crippen LogP contribution in [0, 0.1) is 17.0 Å². The molecule has 72 valence electrons. The zero-order valence-electron chi connectivity index (χ0n) is 7.09. The van der Waals surface area contributed by atoms with Gasteiger partial charge in [0.05, 0.1) is 0 Å². The first-order valence-electron chi connectivity index (χ1n) is 3.70. The number of hydrogen-bond donors (Lipinski definition) is 1. The summed E-state index contributed by atoms with van der Waals surface area (Å²) in [6.45, 7) is 1.60. The first-order valence-corrected chi connectivity index (χ1v) is 5.23. The minimum absolute atomic E-state index is 0.207. The third-order valence-electron chi connectivity index (χ3n) is 1.87. The van der Waals surface area contributed by atoms with Gasteiger partial charge in [-0.25, -0.2) is 0 Å². The predicted molar refractivity (Wildman–Crippen MR) is 49.5 cm³/mol. The van der Waals surface area contributed by atoms with Crippen molar-refractivity contribution in [3.63, 3.8) is 0 Å². The number of aryl methyl sites for hydroxylation is 1. The van der Waals surface area contributed by atoms with Gasteiger partial charge in [-0.05, 0) is 0 Å². The number of nitrogens with zero attached hydrogens (tertiary/aromatic N) is 3. The molecule has 1 aromatic heterocycles. The number of aromatic nitrogens is 2. The molecular formula is C7H5N3O3Se. The van der Waals surface area contributed by atoms with E-state index in [4.69, 9.17) is 0 Å². The Balaban J connectivity index is 2.93. The fraction of sp³-hybridized carbons (Fsp3) is 0.143. The van der Waals surface area contributed by atoms with Gasteiger partial charge >= 0.3 is 84.1 Å². The summed E-state index contributed by atoms with van der Waals surface area (Å²) in [7, 11) is 0. The van der Waals surface area contributed by atoms with Gasteiger partial charge in [-0.3, -0.25) is 0 Å². The van der Waals surface area contributed by atoms with Crippen LogP contribution in [0.5, 0.6) is 5.75 Å². The van der Waals surface area contributed by atoms with E-state index in [0.29, 0.717) is 11.1 Å². The number of nitro groups is 1. The van der Waals surface area contributed by atoms with Gasteiger partial charge in [-0.1, -0.05) is 0 Å². The molecule has 0 fully saturated rings. The van der Waals surface area contributed by atoms with E-state index < -0.39 is 4.92 Å². The van der Waals surface area contributed by atoms with Gasteiger partial charge in [0.25, 0.3) is 0 Å². The van der Waals surface area contributed by atoms with E-state index in [9.17, 15) is 15.2 Å². The third-order valence-corrected chi connectivity index (χ3v) is 3.01. The fourth-order valence-electron chi connectivity index (χ4n) is 1.20. The van der Waals surface area contributed by atoms with Crippen LogP contribution < -0.4 is 0 Å². The molecule has 0 saturated heterocycles. The van der Waals surface area contributed by atoms with Crippen molar-refractivity contribution in [1.82, 2.24) is 7.96 Å². The summed E-state index contributed by atoms with van der Waals surface area (Å²) in [5.41, 5.74) is 0.834. The van der Waals surface area contributed by atoms with E-state index in [1.54, 1.807) is 13.0 Å². The summed E-state index contributed by atoms with van der Waals surface area (Å²) in [6, 6.07) is 1.61. The Bertz CT molecular complexity index is 522. The second-order valence-electron chi connectivity index (χ2n) is 2.78. The molecule has 0 radical (unpaired) electrons. The molecule has 1 aromatic carbocycles. The topological polar surface area (TPSA) is 89.2 Å². The second-order valence-corrected chi connectivity index (χ2v) is 3.89. The molecule has 1 N–H and O–H groups in total. The van der Waals surface area contributed by atoms with Crippen molar-refractivity contribution in [3.05, 3.63) is 21.7 Å². The zero-order valence-corrected chi connectivity index (χ0v) is 8.80. The molecule has 0 bridgehead atoms. The van der Waals surface area contributed by atoms with Crippen LogP contribution >= 0.6 is 0 Å². The van der Waals surface area contributed by atoms with Crippen LogP contribution in [0.3, 0.4) is 0 Å². The van der Waals surface area contributed by atoms with Gasteiger partial charge in [-0.2, -0.15) is 0 Å². The van der Waals surface area contributed by atoms with Crippen molar-refractivity contribution in [3.8, 4) is 5.75 Å². The SMILES string of the molecule is Cc1cc2n[se]nc2c([N+](=O)[O-])c1O. The van der Waals surface area contributed by atoms with E-state index in [0.717, 1.165) is 0 Å². The van der Waals surface area contributed by atoms with Crippen LogP contribution in [0.1, 0.15) is 5.56 Å². The predicted octanol–water partition coefficient (Wildman–Crippen LogP) is 0.609. The van der Waals surface area contributed by atoms with Crippen molar-refractivity contribution >= 4 is 31.7 Å². The summed E-state index contributed by atoms with van der Waals surface area (Å²) >= 11 is -0.326. The molecule has 0 spiro atoms. The van der Waals surface area contributed by atoms with Crippen LogP contribution in [0.15, 0.2) is 6.07 Å². The van der Waals surface area contributed by atoms with Gasteiger partial charge in [-0.15, -0.1) is 0 Å². The molecule has 14 heavy (non-hydrogen) atoms. The standard InChI is InChI=1S/C7H5N3O3Se/c1-3-2-4-5(9-14-8-4)6(7(3)11)10(12)13/h2,11H,1H3. The molecule has 7 heteroatoms. The number of hydrogen-bond acceptors (Lipinski definition) is 5. The molecule has 2 aromatic rings. The van der Waals surface area contributed by atoms with Gasteiger partial charge in [0.1, 0.15) is 0 Å². The molecule has 0 saturated carbocycles. The number of aromatic hydroxyl groups is 1. The number of rotatable bonds is 1. The Morgan fingerprint density at radius 1 is 1.57 bits per heavy atom. The summed E-state index contributed by atoms with van der Waals surface area (Å²) in [6.07, 6.45) is 0. The van der Waals surface area contributed by atoms with E-state index in [-0.39, 0.29) is 31.9 Å². The van der Waals surface area contributed by atoms with E-state index in [1.807, 2.05) is 0 Å². The zero-order chi connectivity index (χ0) is 10.3. The molecule has 1 heterocycles. The molecule has 0 atom stereocenters. The van der Waals surface area contributed by atoms with Gasteiger partial charge in [0.15, 0.2) is 0 Å². The summed E-state index contributed by atoms with van der Waals surface area (Å²) < 4.78 is 7.94. The Hall–Kier alpha value is -1.46. The first kappa shape index (κ1) is 9.11. The average Bonchev–Trinajstić information content (AvgIpc) is 2.52. The van der Waals surface area contributed by atoms with Crippen LogP contribution in [-0.2, 0) is 0 Å². The van der Waals surface area contributed by atoms with Gasteiger partial charge in [0.2, 0.25) is 0 Å². The third kappa shape index (κ3) is 1.18. The summed E-state index contributed by atoms with van der Waals surface area (Å²) in [5.74, 6) is -0.314. The monoisotopic (exact) mass is 259 g/mol. The van der Waals surface area contributed by atoms with Crippen molar-refractivity contribution in [1.29, 1.82) is 0 Å². The molecular weight excluding hydrogens is 253 g/mol. The Morgan fingerprint density at radius 2 is 2.29 bits per heavy atom. The molecule has 0 amide bonds. The van der Waals surface area contributed by atoms with Crippen LogP contribution in [0.2, 0.25) is 0 Å². The molecule has 6 nitrogen and oxygen atoms in total. The van der Waals surface area contributed by atoms with Crippen molar-refractivity contribution < 1.29 is 10.0 Å². The maximum absolute atomic E-state index is 10.7. The van der Waals surface area contributed by atoms with Crippen LogP contribution in [0.25, 0.3) is 11.0 Å². The van der Waals surface area contributed by atoms with Gasteiger partial charge in [0, 0.05) is 0 Å². The van der Waals surface area contributed by atoms with Crippen molar-refractivity contribution in [2.45, 2.75) is 6.92 Å². The summed E-state index contributed by atoms with van der Waals surface area (Å²) in [4.78, 5) is 10.1. The number of benzene rings is 1. The first-order chi connectivity index (χ1) is 6.61. The molecule has 0 aliphatic heterocycles. The molecule has 2 rings (SSSR count). The van der Waals surface area contributed by atoms with Crippen LogP contribution in [0.4, 0.5) is 5.69 Å². The van der Waals surface area contributed by atoms with E-state index >= 15 is 0 Å². The fourth-order valence-corrected chi connectivity index (χ4v) is 2.31. The number of phenols is 1. The van der Waals surface area contributed by atoms with Crippen LogP contribution in [-0.4, -0.2) is 33.0 Å². The quantitative estimate of drug-likeness (QED) is 0.460. The summed E-state index contributed by atoms with van der Waals surface area (Å²) in [5, 5.41) is 20.2. The second kappa shape index (κ2) is 3.04. The number of nitro benzene ring substituents is 1. The molecule has 0 unspecified atom stereocenters. The Morgan fingerprint density at radius 3 is 2.93 bits per heavy atom. The number of phenolic OH excluding ortho intramolecular Hbond substituents is 1. The number of fused-ring (bicyclic) bond motifs is 1. The maximum atomic E-state index is 10.7. The molecule has 0 aliphatic rings. The van der Waals surface area contributed by atoms with Crippen molar-refractivity contribution in [2.24, 2.45) is 0 Å². The van der Waals surface area contributed by atoms with E-state index in [1.165, 1.54) is 0 Å². The van der Waals surface area contributed by atoms with E-state index in [2.05, 4.69) is 7.96 Å².